The lowest BCUT2D eigenvalue weighted by Gasteiger charge is -2.30. The number of hydrogen-bond acceptors (Lipinski definition) is 3. The summed E-state index contributed by atoms with van der Waals surface area (Å²) >= 11 is 0. The molecule has 20 heavy (non-hydrogen) atoms. The third kappa shape index (κ3) is 3.02. The van der Waals surface area contributed by atoms with E-state index in [1.165, 1.54) is 43.2 Å². The average Bonchev–Trinajstić information content (AvgIpc) is 2.49. The van der Waals surface area contributed by atoms with Gasteiger partial charge in [-0.05, 0) is 49.5 Å². The summed E-state index contributed by atoms with van der Waals surface area (Å²) in [5.41, 5.74) is 2.65. The molecule has 3 rings (SSSR count). The molecule has 0 radical (unpaired) electrons. The average molecular weight is 271 g/mol. The second-order valence-corrected chi connectivity index (χ2v) is 6.55. The molecule has 1 fully saturated rings. The molecule has 1 aromatic heterocycles. The summed E-state index contributed by atoms with van der Waals surface area (Å²) in [7, 11) is 0. The summed E-state index contributed by atoms with van der Waals surface area (Å²) in [6.45, 7) is 6.85. The zero-order valence-electron chi connectivity index (χ0n) is 12.7. The molecule has 0 amide bonds. The summed E-state index contributed by atoms with van der Waals surface area (Å²) in [6, 6.07) is 0. The Morgan fingerprint density at radius 2 is 1.70 bits per heavy atom. The van der Waals surface area contributed by atoms with Crippen molar-refractivity contribution in [3.8, 4) is 0 Å². The van der Waals surface area contributed by atoms with E-state index in [0.29, 0.717) is 0 Å². The Balaban J connectivity index is 1.68. The number of aromatic nitrogens is 2. The molecule has 0 spiro atoms. The number of nitrogens with zero attached hydrogens (tertiary/aromatic N) is 3. The molecule has 108 valence electrons. The van der Waals surface area contributed by atoms with Gasteiger partial charge in [-0.15, -0.1) is 0 Å². The maximum atomic E-state index is 4.60. The van der Waals surface area contributed by atoms with Crippen LogP contribution in [-0.4, -0.2) is 23.1 Å². The molecule has 0 N–H and O–H groups in total. The van der Waals surface area contributed by atoms with Crippen LogP contribution in [0.2, 0.25) is 0 Å². The van der Waals surface area contributed by atoms with Crippen LogP contribution in [0.3, 0.4) is 0 Å². The van der Waals surface area contributed by atoms with Crippen molar-refractivity contribution in [2.75, 3.05) is 18.0 Å². The van der Waals surface area contributed by atoms with E-state index in [0.717, 1.165) is 30.9 Å². The van der Waals surface area contributed by atoms with Crippen LogP contribution in [0.1, 0.15) is 51.5 Å². The molecule has 1 aliphatic carbocycles. The second-order valence-electron chi connectivity index (χ2n) is 6.55. The predicted octanol–water partition coefficient (Wildman–Crippen LogP) is 3.92. The molecular weight excluding hydrogens is 246 g/mol. The summed E-state index contributed by atoms with van der Waals surface area (Å²) in [6.07, 6.45) is 12.6. The Morgan fingerprint density at radius 3 is 2.30 bits per heavy atom. The van der Waals surface area contributed by atoms with Crippen LogP contribution >= 0.6 is 0 Å². The number of piperidine rings is 1. The third-order valence-corrected chi connectivity index (χ3v) is 4.75. The van der Waals surface area contributed by atoms with E-state index in [4.69, 9.17) is 0 Å². The van der Waals surface area contributed by atoms with Gasteiger partial charge in [-0.1, -0.05) is 19.9 Å². The van der Waals surface area contributed by atoms with E-state index < -0.39 is 0 Å². The van der Waals surface area contributed by atoms with Crippen molar-refractivity contribution in [3.63, 3.8) is 0 Å². The lowest BCUT2D eigenvalue weighted by atomic mass is 9.89. The van der Waals surface area contributed by atoms with Gasteiger partial charge >= 0.3 is 0 Å². The van der Waals surface area contributed by atoms with E-state index in [-0.39, 0.29) is 0 Å². The Labute approximate surface area is 122 Å². The molecule has 3 nitrogen and oxygen atoms in total. The Morgan fingerprint density at radius 1 is 1.00 bits per heavy atom. The molecule has 0 bridgehead atoms. The first-order valence-corrected chi connectivity index (χ1v) is 7.99. The van der Waals surface area contributed by atoms with Crippen LogP contribution in [0.5, 0.6) is 0 Å². The molecule has 1 aliphatic heterocycles. The fourth-order valence-corrected chi connectivity index (χ4v) is 3.09. The lowest BCUT2D eigenvalue weighted by Crippen LogP contribution is -2.34. The molecule has 1 unspecified atom stereocenters. The molecule has 2 aliphatic rings. The largest absolute Gasteiger partial charge is 0.341 e. The monoisotopic (exact) mass is 271 g/mol. The van der Waals surface area contributed by atoms with Gasteiger partial charge in [0.15, 0.2) is 0 Å². The Bertz CT molecular complexity index is 470. The first kappa shape index (κ1) is 13.6. The smallest absolute Gasteiger partial charge is 0.225 e. The maximum Gasteiger partial charge on any atom is 0.225 e. The fraction of sp³-hybridized carbons (Fsp3) is 0.647. The van der Waals surface area contributed by atoms with Gasteiger partial charge in [0.25, 0.3) is 0 Å². The Kier molecular flexibility index (Phi) is 4.04. The minimum atomic E-state index is 0.828. The summed E-state index contributed by atoms with van der Waals surface area (Å²) in [5.74, 6) is 2.58. The first-order chi connectivity index (χ1) is 9.72. The van der Waals surface area contributed by atoms with E-state index >= 15 is 0 Å². The van der Waals surface area contributed by atoms with E-state index in [1.807, 2.05) is 12.4 Å². The van der Waals surface area contributed by atoms with Gasteiger partial charge < -0.3 is 4.90 Å². The molecule has 0 aromatic carbocycles. The van der Waals surface area contributed by atoms with Crippen LogP contribution in [0.15, 0.2) is 18.5 Å². The van der Waals surface area contributed by atoms with Gasteiger partial charge in [0, 0.05) is 31.0 Å². The molecule has 1 saturated heterocycles. The van der Waals surface area contributed by atoms with Crippen LogP contribution in [-0.2, 0) is 0 Å². The minimum absolute atomic E-state index is 0.828. The van der Waals surface area contributed by atoms with E-state index in [2.05, 4.69) is 34.8 Å². The summed E-state index contributed by atoms with van der Waals surface area (Å²) in [4.78, 5) is 11.5. The summed E-state index contributed by atoms with van der Waals surface area (Å²) < 4.78 is 0. The topological polar surface area (TPSA) is 29.0 Å². The van der Waals surface area contributed by atoms with Gasteiger partial charge in [-0.25, -0.2) is 9.97 Å². The maximum absolute atomic E-state index is 4.60. The zero-order chi connectivity index (χ0) is 13.9. The van der Waals surface area contributed by atoms with Gasteiger partial charge in [0.05, 0.1) is 0 Å². The SMILES string of the molecule is CC1CC=C(c2cnc(N3CCC(C)CC3)nc2)CC1. The standard InChI is InChI=1S/C17H25N3/c1-13-3-5-15(6-4-13)16-11-18-17(19-12-16)20-9-7-14(2)8-10-20/h5,11-14H,3-4,6-10H2,1-2H3. The molecule has 0 saturated carbocycles. The zero-order valence-corrected chi connectivity index (χ0v) is 12.7. The van der Waals surface area contributed by atoms with Gasteiger partial charge in [-0.3, -0.25) is 0 Å². The van der Waals surface area contributed by atoms with Crippen LogP contribution < -0.4 is 4.90 Å². The number of anilines is 1. The van der Waals surface area contributed by atoms with Gasteiger partial charge in [0.1, 0.15) is 0 Å². The van der Waals surface area contributed by atoms with Crippen molar-refractivity contribution >= 4 is 11.5 Å². The first-order valence-electron chi connectivity index (χ1n) is 7.99. The van der Waals surface area contributed by atoms with Crippen LogP contribution in [0.4, 0.5) is 5.95 Å². The normalized spacial score (nSPS) is 24.6. The molecule has 1 atom stereocenters. The molecule has 3 heteroatoms. The molecular formula is C17H25N3. The molecule has 1 aromatic rings. The van der Waals surface area contributed by atoms with Crippen molar-refractivity contribution < 1.29 is 0 Å². The van der Waals surface area contributed by atoms with Crippen molar-refractivity contribution in [3.05, 3.63) is 24.0 Å². The van der Waals surface area contributed by atoms with Gasteiger partial charge in [-0.2, -0.15) is 0 Å². The second kappa shape index (κ2) is 5.94. The quantitative estimate of drug-likeness (QED) is 0.816. The van der Waals surface area contributed by atoms with E-state index in [9.17, 15) is 0 Å². The van der Waals surface area contributed by atoms with Crippen molar-refractivity contribution in [1.29, 1.82) is 0 Å². The highest BCUT2D eigenvalue weighted by molar-refractivity contribution is 5.65. The van der Waals surface area contributed by atoms with Gasteiger partial charge in [0.2, 0.25) is 5.95 Å². The molecule has 2 heterocycles. The highest BCUT2D eigenvalue weighted by Crippen LogP contribution is 2.29. The fourth-order valence-electron chi connectivity index (χ4n) is 3.09. The van der Waals surface area contributed by atoms with Crippen molar-refractivity contribution in [2.24, 2.45) is 11.8 Å². The Hall–Kier alpha value is -1.38. The van der Waals surface area contributed by atoms with Crippen molar-refractivity contribution in [2.45, 2.75) is 46.0 Å². The minimum Gasteiger partial charge on any atom is -0.341 e. The number of allylic oxidation sites excluding steroid dienone is 2. The van der Waals surface area contributed by atoms with E-state index in [1.54, 1.807) is 0 Å². The van der Waals surface area contributed by atoms with Crippen molar-refractivity contribution in [1.82, 2.24) is 9.97 Å². The number of hydrogen-bond donors (Lipinski definition) is 0. The predicted molar refractivity (Wildman–Crippen MR) is 83.6 cm³/mol. The highest BCUT2D eigenvalue weighted by Gasteiger charge is 2.18. The van der Waals surface area contributed by atoms with Crippen LogP contribution in [0.25, 0.3) is 5.57 Å². The number of rotatable bonds is 2. The highest BCUT2D eigenvalue weighted by atomic mass is 15.2. The lowest BCUT2D eigenvalue weighted by molar-refractivity contribution is 0.434. The summed E-state index contributed by atoms with van der Waals surface area (Å²) in [5, 5.41) is 0. The third-order valence-electron chi connectivity index (χ3n) is 4.75. The van der Waals surface area contributed by atoms with Crippen LogP contribution in [0, 0.1) is 11.8 Å².